The number of thiol groups is 1. The molecule has 17 heavy (non-hydrogen) atoms. The predicted molar refractivity (Wildman–Crippen MR) is 51.5 cm³/mol. The molecule has 0 spiro atoms. The van der Waals surface area contributed by atoms with Crippen LogP contribution in [0.4, 0.5) is 22.0 Å². The minimum Gasteiger partial charge on any atom is -0.416 e. The number of ether oxygens (including phenoxy) is 1. The average Bonchev–Trinajstić information content (AvgIpc) is 2.42. The Balaban J connectivity index is 3.30. The molecule has 0 saturated heterocycles. The molecule has 0 aliphatic heterocycles. The number of hydrogen-bond acceptors (Lipinski definition) is 3. The van der Waals surface area contributed by atoms with Crippen LogP contribution in [-0.2, 0) is 6.18 Å². The Morgan fingerprint density at radius 2 is 1.82 bits per heavy atom. The van der Waals surface area contributed by atoms with Crippen LogP contribution in [0.2, 0.25) is 0 Å². The van der Waals surface area contributed by atoms with Gasteiger partial charge in [-0.1, -0.05) is 0 Å². The molecule has 1 aromatic rings. The predicted octanol–water partition coefficient (Wildman–Crippen LogP) is 3.37. The zero-order valence-electron chi connectivity index (χ0n) is 8.79. The van der Waals surface area contributed by atoms with Crippen molar-refractivity contribution in [3.05, 3.63) is 5.69 Å². The van der Waals surface area contributed by atoms with Gasteiger partial charge in [0.2, 0.25) is 5.88 Å². The van der Waals surface area contributed by atoms with Crippen LogP contribution in [-0.4, -0.2) is 16.4 Å². The zero-order valence-corrected chi connectivity index (χ0v) is 9.69. The van der Waals surface area contributed by atoms with Crippen molar-refractivity contribution >= 4 is 12.6 Å². The summed E-state index contributed by atoms with van der Waals surface area (Å²) in [6.07, 6.45) is -4.77. The van der Waals surface area contributed by atoms with Gasteiger partial charge >= 0.3 is 12.8 Å². The first-order chi connectivity index (χ1) is 7.64. The summed E-state index contributed by atoms with van der Waals surface area (Å²) in [6, 6.07) is -0.564. The monoisotopic (exact) mass is 276 g/mol. The molecular weight excluding hydrogens is 267 g/mol. The summed E-state index contributed by atoms with van der Waals surface area (Å²) >= 11 is 3.53. The largest absolute Gasteiger partial charge is 0.436 e. The maximum Gasteiger partial charge on any atom is 0.436 e. The highest BCUT2D eigenvalue weighted by atomic mass is 32.1. The third-order valence-corrected chi connectivity index (χ3v) is 2.20. The van der Waals surface area contributed by atoms with Gasteiger partial charge in [-0.05, 0) is 13.8 Å². The maximum atomic E-state index is 12.5. The van der Waals surface area contributed by atoms with E-state index in [1.807, 2.05) is 0 Å². The first kappa shape index (κ1) is 14.1. The first-order valence-electron chi connectivity index (χ1n) is 4.48. The summed E-state index contributed by atoms with van der Waals surface area (Å²) < 4.78 is 66.3. The molecule has 0 aliphatic carbocycles. The van der Waals surface area contributed by atoms with E-state index in [2.05, 4.69) is 22.5 Å². The van der Waals surface area contributed by atoms with Gasteiger partial charge in [0.15, 0.2) is 5.69 Å². The highest BCUT2D eigenvalue weighted by Crippen LogP contribution is 2.39. The molecular formula is C8H9F5N2OS. The van der Waals surface area contributed by atoms with Gasteiger partial charge in [-0.3, -0.25) is 0 Å². The zero-order chi connectivity index (χ0) is 13.4. The second-order valence-corrected chi connectivity index (χ2v) is 3.86. The van der Waals surface area contributed by atoms with Gasteiger partial charge in [0, 0.05) is 0 Å². The van der Waals surface area contributed by atoms with Crippen LogP contribution in [0, 0.1) is 0 Å². The molecule has 0 fully saturated rings. The third-order valence-electron chi connectivity index (χ3n) is 1.80. The van der Waals surface area contributed by atoms with Crippen LogP contribution < -0.4 is 4.74 Å². The summed E-state index contributed by atoms with van der Waals surface area (Å²) in [6.45, 7) is -0.270. The quantitative estimate of drug-likeness (QED) is 0.677. The van der Waals surface area contributed by atoms with Gasteiger partial charge in [-0.2, -0.15) is 27.1 Å². The minimum absolute atomic E-state index is 0.564. The first-order valence-corrected chi connectivity index (χ1v) is 4.92. The highest BCUT2D eigenvalue weighted by molar-refractivity contribution is 7.80. The fourth-order valence-electron chi connectivity index (χ4n) is 1.15. The normalized spacial score (nSPS) is 12.6. The lowest BCUT2D eigenvalue weighted by atomic mass is 10.4. The van der Waals surface area contributed by atoms with Crippen molar-refractivity contribution in [3.63, 3.8) is 0 Å². The van der Waals surface area contributed by atoms with Crippen molar-refractivity contribution in [2.75, 3.05) is 0 Å². The number of alkyl halides is 5. The number of nitrogens with zero attached hydrogens (tertiary/aromatic N) is 2. The molecule has 0 saturated carbocycles. The molecule has 0 atom stereocenters. The molecule has 1 rings (SSSR count). The van der Waals surface area contributed by atoms with Crippen molar-refractivity contribution in [1.82, 2.24) is 9.78 Å². The van der Waals surface area contributed by atoms with Crippen molar-refractivity contribution in [3.8, 4) is 5.88 Å². The van der Waals surface area contributed by atoms with Crippen LogP contribution >= 0.6 is 12.6 Å². The third kappa shape index (κ3) is 3.02. The Morgan fingerprint density at radius 3 is 2.18 bits per heavy atom. The second-order valence-electron chi connectivity index (χ2n) is 3.42. The Bertz CT molecular complexity index is 401. The van der Waals surface area contributed by atoms with Gasteiger partial charge in [0.1, 0.15) is 0 Å². The van der Waals surface area contributed by atoms with Crippen LogP contribution in [0.1, 0.15) is 25.6 Å². The van der Waals surface area contributed by atoms with Crippen LogP contribution in [0.15, 0.2) is 4.90 Å². The highest BCUT2D eigenvalue weighted by Gasteiger charge is 2.39. The lowest BCUT2D eigenvalue weighted by Gasteiger charge is -2.11. The fourth-order valence-corrected chi connectivity index (χ4v) is 1.47. The van der Waals surface area contributed by atoms with Gasteiger partial charge in [0.25, 0.3) is 0 Å². The van der Waals surface area contributed by atoms with Gasteiger partial charge in [-0.15, -0.1) is 12.6 Å². The number of halogens is 5. The Kier molecular flexibility index (Phi) is 3.90. The van der Waals surface area contributed by atoms with Gasteiger partial charge in [-0.25, -0.2) is 4.68 Å². The average molecular weight is 276 g/mol. The smallest absolute Gasteiger partial charge is 0.416 e. The molecule has 0 N–H and O–H groups in total. The molecule has 0 aliphatic rings. The lowest BCUT2D eigenvalue weighted by Crippen LogP contribution is -2.11. The molecule has 98 valence electrons. The van der Waals surface area contributed by atoms with E-state index in [-0.39, 0.29) is 0 Å². The summed E-state index contributed by atoms with van der Waals surface area (Å²) in [7, 11) is 0. The van der Waals surface area contributed by atoms with Gasteiger partial charge in [0.05, 0.1) is 10.9 Å². The van der Waals surface area contributed by atoms with E-state index in [0.29, 0.717) is 0 Å². The van der Waals surface area contributed by atoms with E-state index < -0.39 is 35.3 Å². The molecule has 9 heteroatoms. The molecule has 0 aromatic carbocycles. The molecule has 0 unspecified atom stereocenters. The summed E-state index contributed by atoms with van der Waals surface area (Å²) in [4.78, 5) is -0.744. The summed E-state index contributed by atoms with van der Waals surface area (Å²) in [5, 5.41) is 3.19. The molecule has 1 heterocycles. The minimum atomic E-state index is -4.77. The SMILES string of the molecule is CC(C)n1nc(C(F)(F)F)c(S)c1OC(F)F. The standard InChI is InChI=1S/C8H9F5N2OS/c1-3(2)15-6(16-7(9)10)4(17)5(14-15)8(11,12)13/h3,7,17H,1-2H3. The van der Waals surface area contributed by atoms with Crippen LogP contribution in [0.3, 0.4) is 0 Å². The van der Waals surface area contributed by atoms with Crippen molar-refractivity contribution in [2.45, 2.75) is 37.6 Å². The van der Waals surface area contributed by atoms with Gasteiger partial charge < -0.3 is 4.74 Å². The fraction of sp³-hybridized carbons (Fsp3) is 0.625. The molecule has 0 radical (unpaired) electrons. The van der Waals surface area contributed by atoms with Crippen molar-refractivity contribution in [1.29, 1.82) is 0 Å². The van der Waals surface area contributed by atoms with E-state index in [4.69, 9.17) is 0 Å². The van der Waals surface area contributed by atoms with Crippen LogP contribution in [0.5, 0.6) is 5.88 Å². The number of hydrogen-bond donors (Lipinski definition) is 1. The lowest BCUT2D eigenvalue weighted by molar-refractivity contribution is -0.143. The summed E-state index contributed by atoms with van der Waals surface area (Å²) in [5.74, 6) is -0.689. The molecule has 1 aromatic heterocycles. The Morgan fingerprint density at radius 1 is 1.29 bits per heavy atom. The maximum absolute atomic E-state index is 12.5. The Hall–Kier alpha value is -0.990. The topological polar surface area (TPSA) is 27.1 Å². The van der Waals surface area contributed by atoms with Crippen LogP contribution in [0.25, 0.3) is 0 Å². The second kappa shape index (κ2) is 4.71. The van der Waals surface area contributed by atoms with E-state index in [1.165, 1.54) is 13.8 Å². The van der Waals surface area contributed by atoms with E-state index >= 15 is 0 Å². The van der Waals surface area contributed by atoms with Crippen molar-refractivity contribution < 1.29 is 26.7 Å². The van der Waals surface area contributed by atoms with Crippen molar-refractivity contribution in [2.24, 2.45) is 0 Å². The summed E-state index contributed by atoms with van der Waals surface area (Å²) in [5.41, 5.74) is -1.34. The Labute approximate surface area is 99.0 Å². The number of aromatic nitrogens is 2. The molecule has 3 nitrogen and oxygen atoms in total. The van der Waals surface area contributed by atoms with E-state index in [0.717, 1.165) is 4.68 Å². The molecule has 0 bridgehead atoms. The van der Waals surface area contributed by atoms with E-state index in [9.17, 15) is 22.0 Å². The molecule has 0 amide bonds. The van der Waals surface area contributed by atoms with E-state index in [1.54, 1.807) is 0 Å². The number of rotatable bonds is 3.